The van der Waals surface area contributed by atoms with E-state index < -0.39 is 5.97 Å². The van der Waals surface area contributed by atoms with Crippen molar-refractivity contribution in [2.75, 3.05) is 5.73 Å². The molecule has 0 aliphatic rings. The first-order valence-corrected chi connectivity index (χ1v) is 9.51. The van der Waals surface area contributed by atoms with Crippen LogP contribution >= 0.6 is 23.1 Å². The zero-order valence-electron chi connectivity index (χ0n) is 13.8. The second-order valence-electron chi connectivity index (χ2n) is 5.40. The predicted octanol–water partition coefficient (Wildman–Crippen LogP) is 4.81. The lowest BCUT2D eigenvalue weighted by Gasteiger charge is -2.12. The smallest absolute Gasteiger partial charge is 0.335 e. The molecule has 0 bridgehead atoms. The molecule has 0 aliphatic heterocycles. The number of pyridine rings is 1. The molecule has 132 valence electrons. The highest BCUT2D eigenvalue weighted by Crippen LogP contribution is 2.43. The van der Waals surface area contributed by atoms with Gasteiger partial charge in [-0.25, -0.2) is 14.6 Å². The Morgan fingerprint density at radius 2 is 2.22 bits per heavy atom. The van der Waals surface area contributed by atoms with E-state index in [1.165, 1.54) is 29.2 Å². The third-order valence-electron chi connectivity index (χ3n) is 3.71. The molecule has 0 saturated heterocycles. The Morgan fingerprint density at radius 3 is 2.85 bits per heavy atom. The highest BCUT2D eigenvalue weighted by molar-refractivity contribution is 7.98. The van der Waals surface area contributed by atoms with Crippen molar-refractivity contribution in [2.45, 2.75) is 10.8 Å². The van der Waals surface area contributed by atoms with Gasteiger partial charge in [-0.05, 0) is 29.1 Å². The molecule has 0 aliphatic carbocycles. The van der Waals surface area contributed by atoms with Gasteiger partial charge in [-0.2, -0.15) is 5.26 Å². The number of hydrogen-bond acceptors (Lipinski definition) is 6. The number of aromatic carboxylic acids is 1. The fourth-order valence-corrected chi connectivity index (χ4v) is 4.21. The highest BCUT2D eigenvalue weighted by Gasteiger charge is 2.21. The van der Waals surface area contributed by atoms with E-state index in [1.54, 1.807) is 12.1 Å². The Bertz CT molecular complexity index is 1100. The highest BCUT2D eigenvalue weighted by atomic mass is 32.2. The monoisotopic (exact) mass is 392 g/mol. The van der Waals surface area contributed by atoms with Crippen molar-refractivity contribution in [1.29, 1.82) is 5.26 Å². The number of nitrogen functional groups attached to an aromatic ring is 1. The molecule has 0 saturated carbocycles. The van der Waals surface area contributed by atoms with Crippen molar-refractivity contribution in [3.05, 3.63) is 69.9 Å². The molecule has 0 radical (unpaired) electrons. The summed E-state index contributed by atoms with van der Waals surface area (Å²) in [5.41, 5.74) is 7.93. The minimum atomic E-state index is -0.997. The molecule has 0 spiro atoms. The van der Waals surface area contributed by atoms with Gasteiger partial charge in [-0.15, -0.1) is 23.1 Å². The number of nitriles is 1. The predicted molar refractivity (Wildman–Crippen MR) is 106 cm³/mol. The standard InChI is InChI=1S/C19H12N4O2S2/c1-22-16-15(14-6-3-7-26-14)13(9-20)18(23-17(16)21)27-10-11-4-2-5-12(8-11)19(24)25/h2-8H,10H2,(H2,21,23)(H,24,25). The van der Waals surface area contributed by atoms with Gasteiger partial charge in [-0.3, -0.25) is 0 Å². The summed E-state index contributed by atoms with van der Waals surface area (Å²) in [7, 11) is 0. The Labute approximate surface area is 163 Å². The Kier molecular flexibility index (Phi) is 5.41. The van der Waals surface area contributed by atoms with Crippen LogP contribution < -0.4 is 5.73 Å². The molecular formula is C19H12N4O2S2. The lowest BCUT2D eigenvalue weighted by Crippen LogP contribution is -1.99. The van der Waals surface area contributed by atoms with E-state index in [-0.39, 0.29) is 17.1 Å². The van der Waals surface area contributed by atoms with E-state index in [1.807, 2.05) is 23.6 Å². The topological polar surface area (TPSA) is 104 Å². The molecule has 0 fully saturated rings. The molecule has 2 heterocycles. The first-order valence-electron chi connectivity index (χ1n) is 7.65. The molecule has 3 rings (SSSR count). The first-order chi connectivity index (χ1) is 13.0. The summed E-state index contributed by atoms with van der Waals surface area (Å²) in [5, 5.41) is 21.1. The molecule has 6 nitrogen and oxygen atoms in total. The van der Waals surface area contributed by atoms with Crippen molar-refractivity contribution in [2.24, 2.45) is 0 Å². The van der Waals surface area contributed by atoms with Gasteiger partial charge in [0.25, 0.3) is 0 Å². The number of benzene rings is 1. The summed E-state index contributed by atoms with van der Waals surface area (Å²) in [5.74, 6) is -0.499. The van der Waals surface area contributed by atoms with Gasteiger partial charge in [0.15, 0.2) is 0 Å². The maximum Gasteiger partial charge on any atom is 0.335 e. The van der Waals surface area contributed by atoms with Crippen molar-refractivity contribution in [3.63, 3.8) is 0 Å². The second kappa shape index (κ2) is 7.92. The maximum atomic E-state index is 11.1. The minimum Gasteiger partial charge on any atom is -0.478 e. The van der Waals surface area contributed by atoms with Crippen LogP contribution in [0.1, 0.15) is 21.5 Å². The van der Waals surface area contributed by atoms with Gasteiger partial charge in [0, 0.05) is 16.2 Å². The molecule has 8 heteroatoms. The lowest BCUT2D eigenvalue weighted by atomic mass is 10.1. The van der Waals surface area contributed by atoms with Crippen LogP contribution in [0, 0.1) is 17.9 Å². The third kappa shape index (κ3) is 3.77. The van der Waals surface area contributed by atoms with Crippen molar-refractivity contribution in [1.82, 2.24) is 4.98 Å². The summed E-state index contributed by atoms with van der Waals surface area (Å²) in [6, 6.07) is 12.4. The Balaban J connectivity index is 2.02. The number of anilines is 1. The van der Waals surface area contributed by atoms with Gasteiger partial charge < -0.3 is 10.8 Å². The fourth-order valence-electron chi connectivity index (χ4n) is 2.50. The Hall–Kier alpha value is -3.33. The summed E-state index contributed by atoms with van der Waals surface area (Å²) >= 11 is 2.70. The van der Waals surface area contributed by atoms with E-state index in [4.69, 9.17) is 17.4 Å². The first kappa shape index (κ1) is 18.5. The number of hydrogen-bond donors (Lipinski definition) is 2. The zero-order chi connectivity index (χ0) is 19.4. The number of nitrogens with two attached hydrogens (primary N) is 1. The van der Waals surface area contributed by atoms with Crippen molar-refractivity contribution >= 4 is 40.6 Å². The molecule has 1 aromatic carbocycles. The van der Waals surface area contributed by atoms with E-state index >= 15 is 0 Å². The van der Waals surface area contributed by atoms with Gasteiger partial charge in [0.05, 0.1) is 17.7 Å². The molecule has 2 aromatic heterocycles. The van der Waals surface area contributed by atoms with Crippen molar-refractivity contribution in [3.8, 4) is 16.5 Å². The molecular weight excluding hydrogens is 380 g/mol. The lowest BCUT2D eigenvalue weighted by molar-refractivity contribution is 0.0697. The fraction of sp³-hybridized carbons (Fsp3) is 0.0526. The summed E-state index contributed by atoms with van der Waals surface area (Å²) < 4.78 is 0. The SMILES string of the molecule is [C-]#[N+]c1c(N)nc(SCc2cccc(C(=O)O)c2)c(C#N)c1-c1cccs1. The summed E-state index contributed by atoms with van der Waals surface area (Å²) in [6.07, 6.45) is 0. The largest absolute Gasteiger partial charge is 0.478 e. The van der Waals surface area contributed by atoms with E-state index in [0.717, 1.165) is 10.4 Å². The number of carbonyl (C=O) groups is 1. The summed E-state index contributed by atoms with van der Waals surface area (Å²) in [4.78, 5) is 19.6. The molecule has 3 aromatic rings. The molecule has 0 amide bonds. The summed E-state index contributed by atoms with van der Waals surface area (Å²) in [6.45, 7) is 7.41. The minimum absolute atomic E-state index is 0.0780. The average molecular weight is 392 g/mol. The second-order valence-corrected chi connectivity index (χ2v) is 7.31. The zero-order valence-corrected chi connectivity index (χ0v) is 15.5. The van der Waals surface area contributed by atoms with E-state index in [2.05, 4.69) is 15.9 Å². The van der Waals surface area contributed by atoms with Crippen LogP contribution in [0.2, 0.25) is 0 Å². The van der Waals surface area contributed by atoms with Crippen LogP contribution in [0.15, 0.2) is 46.8 Å². The van der Waals surface area contributed by atoms with Crippen LogP contribution in [0.5, 0.6) is 0 Å². The number of thioether (sulfide) groups is 1. The quantitative estimate of drug-likeness (QED) is 0.477. The molecule has 27 heavy (non-hydrogen) atoms. The van der Waals surface area contributed by atoms with Crippen LogP contribution in [-0.4, -0.2) is 16.1 Å². The van der Waals surface area contributed by atoms with Crippen LogP contribution in [0.3, 0.4) is 0 Å². The maximum absolute atomic E-state index is 11.1. The van der Waals surface area contributed by atoms with Crippen molar-refractivity contribution < 1.29 is 9.90 Å². The van der Waals surface area contributed by atoms with Gasteiger partial charge in [0.2, 0.25) is 5.69 Å². The van der Waals surface area contributed by atoms with Crippen LogP contribution in [0.4, 0.5) is 11.5 Å². The van der Waals surface area contributed by atoms with E-state index in [0.29, 0.717) is 21.9 Å². The number of aromatic nitrogens is 1. The molecule has 3 N–H and O–H groups in total. The van der Waals surface area contributed by atoms with Gasteiger partial charge >= 0.3 is 5.97 Å². The normalized spacial score (nSPS) is 10.1. The third-order valence-corrected chi connectivity index (χ3v) is 5.64. The molecule has 0 unspecified atom stereocenters. The number of thiophene rings is 1. The number of nitrogens with zero attached hydrogens (tertiary/aromatic N) is 3. The van der Waals surface area contributed by atoms with Gasteiger partial charge in [-0.1, -0.05) is 18.2 Å². The number of carboxylic acids is 1. The van der Waals surface area contributed by atoms with Crippen LogP contribution in [-0.2, 0) is 5.75 Å². The number of rotatable bonds is 5. The number of carboxylic acid groups (broad SMARTS) is 1. The van der Waals surface area contributed by atoms with Gasteiger partial charge in [0.1, 0.15) is 16.9 Å². The molecule has 0 atom stereocenters. The van der Waals surface area contributed by atoms with E-state index in [9.17, 15) is 10.1 Å². The average Bonchev–Trinajstić information content (AvgIpc) is 3.20. The van der Waals surface area contributed by atoms with Crippen LogP contribution in [0.25, 0.3) is 15.3 Å². The Morgan fingerprint density at radius 1 is 1.41 bits per heavy atom.